The molecule has 19 heavy (non-hydrogen) atoms. The summed E-state index contributed by atoms with van der Waals surface area (Å²) in [7, 11) is 0. The second-order valence-electron chi connectivity index (χ2n) is 5.44. The summed E-state index contributed by atoms with van der Waals surface area (Å²) >= 11 is 0. The molecule has 0 amide bonds. The van der Waals surface area contributed by atoms with Gasteiger partial charge in [0, 0.05) is 0 Å². The van der Waals surface area contributed by atoms with Crippen LogP contribution < -0.4 is 0 Å². The van der Waals surface area contributed by atoms with Crippen LogP contribution >= 0.6 is 0 Å². The molecule has 0 saturated heterocycles. The number of nitriles is 2. The number of aryl methyl sites for hydroxylation is 1. The molecule has 4 heteroatoms. The van der Waals surface area contributed by atoms with Crippen molar-refractivity contribution in [1.82, 2.24) is 0 Å². The molecular weight excluding hydrogens is 240 g/mol. The lowest BCUT2D eigenvalue weighted by Crippen LogP contribution is -2.24. The van der Waals surface area contributed by atoms with Crippen LogP contribution in [0.1, 0.15) is 44.4 Å². The molecule has 0 radical (unpaired) electrons. The molecule has 0 fully saturated rings. The van der Waals surface area contributed by atoms with E-state index in [4.69, 9.17) is 20.0 Å². The minimum absolute atomic E-state index is 0.708. The molecule has 0 aliphatic heterocycles. The lowest BCUT2D eigenvalue weighted by atomic mass is 9.87. The first kappa shape index (κ1) is 14.9. The maximum Gasteiger partial charge on any atom is 0.287 e. The highest BCUT2D eigenvalue weighted by Crippen LogP contribution is 2.32. The Kier molecular flexibility index (Phi) is 4.07. The van der Waals surface area contributed by atoms with Crippen LogP contribution in [0.25, 0.3) is 0 Å². The minimum atomic E-state index is -0.711. The molecule has 1 rings (SSSR count). The van der Waals surface area contributed by atoms with Crippen molar-refractivity contribution in [3.05, 3.63) is 34.9 Å². The normalized spacial score (nSPS) is 11.3. The van der Waals surface area contributed by atoms with Crippen molar-refractivity contribution >= 4 is 0 Å². The molecule has 0 atom stereocenters. The van der Waals surface area contributed by atoms with Crippen LogP contribution in [0.4, 0.5) is 0 Å². The SMILES string of the molecule is Cc1ccc(C(C)(C)OC#N)cc1C(C)(C)OC#N. The molecule has 0 bridgehead atoms. The van der Waals surface area contributed by atoms with Gasteiger partial charge in [-0.15, -0.1) is 0 Å². The summed E-state index contributed by atoms with van der Waals surface area (Å²) in [6.07, 6.45) is 3.45. The predicted octanol–water partition coefficient (Wildman–Crippen LogP) is 3.46. The van der Waals surface area contributed by atoms with E-state index in [1.54, 1.807) is 12.5 Å². The Balaban J connectivity index is 3.30. The van der Waals surface area contributed by atoms with Crippen molar-refractivity contribution in [2.24, 2.45) is 0 Å². The summed E-state index contributed by atoms with van der Waals surface area (Å²) in [6, 6.07) is 5.78. The molecule has 0 N–H and O–H groups in total. The van der Waals surface area contributed by atoms with Crippen molar-refractivity contribution in [2.75, 3.05) is 0 Å². The Morgan fingerprint density at radius 3 is 2.00 bits per heavy atom. The van der Waals surface area contributed by atoms with E-state index in [0.717, 1.165) is 16.7 Å². The number of ether oxygens (including phenoxy) is 2. The standard InChI is InChI=1S/C15H18N2O2/c1-11-6-7-12(14(2,3)18-9-16)8-13(11)15(4,5)19-10-17/h6-8H,1-5H3. The molecule has 1 aromatic rings. The van der Waals surface area contributed by atoms with E-state index in [1.807, 2.05) is 52.8 Å². The van der Waals surface area contributed by atoms with Crippen LogP contribution in [-0.2, 0) is 20.7 Å². The smallest absolute Gasteiger partial charge is 0.287 e. The summed E-state index contributed by atoms with van der Waals surface area (Å²) < 4.78 is 10.2. The number of benzene rings is 1. The van der Waals surface area contributed by atoms with Gasteiger partial charge in [-0.25, -0.2) is 0 Å². The second kappa shape index (κ2) is 5.20. The predicted molar refractivity (Wildman–Crippen MR) is 70.6 cm³/mol. The third kappa shape index (κ3) is 3.17. The van der Waals surface area contributed by atoms with Gasteiger partial charge in [0.25, 0.3) is 12.5 Å². The molecule has 0 spiro atoms. The third-order valence-corrected chi connectivity index (χ3v) is 3.18. The molecule has 0 heterocycles. The van der Waals surface area contributed by atoms with Crippen LogP contribution in [0.15, 0.2) is 18.2 Å². The number of hydrogen-bond acceptors (Lipinski definition) is 4. The van der Waals surface area contributed by atoms with Crippen molar-refractivity contribution in [3.63, 3.8) is 0 Å². The van der Waals surface area contributed by atoms with Gasteiger partial charge in [-0.05, 0) is 57.4 Å². The highest BCUT2D eigenvalue weighted by Gasteiger charge is 2.29. The van der Waals surface area contributed by atoms with E-state index in [2.05, 4.69) is 0 Å². The number of nitrogens with zero attached hydrogens (tertiary/aromatic N) is 2. The zero-order valence-electron chi connectivity index (χ0n) is 11.9. The Morgan fingerprint density at radius 1 is 0.947 bits per heavy atom. The van der Waals surface area contributed by atoms with Gasteiger partial charge >= 0.3 is 0 Å². The first-order chi connectivity index (χ1) is 8.74. The van der Waals surface area contributed by atoms with Crippen molar-refractivity contribution in [1.29, 1.82) is 10.5 Å². The van der Waals surface area contributed by atoms with Crippen LogP contribution in [0.5, 0.6) is 0 Å². The summed E-state index contributed by atoms with van der Waals surface area (Å²) in [5.74, 6) is 0. The Morgan fingerprint density at radius 2 is 1.47 bits per heavy atom. The van der Waals surface area contributed by atoms with Gasteiger partial charge in [-0.1, -0.05) is 12.1 Å². The fourth-order valence-corrected chi connectivity index (χ4v) is 1.99. The van der Waals surface area contributed by atoms with Crippen molar-refractivity contribution in [2.45, 2.75) is 45.8 Å². The molecule has 0 aliphatic carbocycles. The minimum Gasteiger partial charge on any atom is -0.417 e. The first-order valence-electron chi connectivity index (χ1n) is 6.00. The molecule has 100 valence electrons. The van der Waals surface area contributed by atoms with E-state index in [9.17, 15) is 0 Å². The Labute approximate surface area is 114 Å². The first-order valence-corrected chi connectivity index (χ1v) is 6.00. The summed E-state index contributed by atoms with van der Waals surface area (Å²) in [6.45, 7) is 9.27. The highest BCUT2D eigenvalue weighted by atomic mass is 16.5. The van der Waals surface area contributed by atoms with Crippen molar-refractivity contribution in [3.8, 4) is 12.5 Å². The molecule has 1 aromatic carbocycles. The van der Waals surface area contributed by atoms with Crippen LogP contribution in [0.2, 0.25) is 0 Å². The van der Waals surface area contributed by atoms with Gasteiger partial charge in [-0.2, -0.15) is 10.5 Å². The monoisotopic (exact) mass is 258 g/mol. The van der Waals surface area contributed by atoms with Gasteiger partial charge in [0.15, 0.2) is 0 Å². The quantitative estimate of drug-likeness (QED) is 0.776. The van der Waals surface area contributed by atoms with E-state index >= 15 is 0 Å². The lowest BCUT2D eigenvalue weighted by Gasteiger charge is -2.28. The molecule has 0 aliphatic rings. The van der Waals surface area contributed by atoms with Gasteiger partial charge in [0.1, 0.15) is 11.2 Å². The highest BCUT2D eigenvalue weighted by molar-refractivity contribution is 5.37. The average Bonchev–Trinajstić information content (AvgIpc) is 2.28. The fraction of sp³-hybridized carbons (Fsp3) is 0.467. The molecule has 0 aromatic heterocycles. The van der Waals surface area contributed by atoms with Crippen LogP contribution in [0.3, 0.4) is 0 Å². The summed E-state index contributed by atoms with van der Waals surface area (Å²) in [4.78, 5) is 0. The largest absolute Gasteiger partial charge is 0.417 e. The topological polar surface area (TPSA) is 66.0 Å². The van der Waals surface area contributed by atoms with Gasteiger partial charge in [-0.3, -0.25) is 0 Å². The van der Waals surface area contributed by atoms with Crippen LogP contribution in [0, 0.1) is 30.0 Å². The maximum absolute atomic E-state index is 8.73. The third-order valence-electron chi connectivity index (χ3n) is 3.18. The number of hydrogen-bond donors (Lipinski definition) is 0. The average molecular weight is 258 g/mol. The number of rotatable bonds is 4. The molecule has 0 unspecified atom stereocenters. The van der Waals surface area contributed by atoms with E-state index < -0.39 is 11.2 Å². The Hall–Kier alpha value is -2.20. The lowest BCUT2D eigenvalue weighted by molar-refractivity contribution is 0.0633. The zero-order chi connectivity index (χ0) is 14.7. The Bertz CT molecular complexity index is 548. The van der Waals surface area contributed by atoms with Gasteiger partial charge in [0.05, 0.1) is 0 Å². The molecular formula is C15H18N2O2. The fourth-order valence-electron chi connectivity index (χ4n) is 1.99. The van der Waals surface area contributed by atoms with Gasteiger partial charge < -0.3 is 9.47 Å². The summed E-state index contributed by atoms with van der Waals surface area (Å²) in [5.41, 5.74) is 1.37. The van der Waals surface area contributed by atoms with Crippen molar-refractivity contribution < 1.29 is 9.47 Å². The zero-order valence-corrected chi connectivity index (χ0v) is 11.9. The van der Waals surface area contributed by atoms with E-state index in [0.29, 0.717) is 0 Å². The summed E-state index contributed by atoms with van der Waals surface area (Å²) in [5, 5.41) is 17.4. The second-order valence-corrected chi connectivity index (χ2v) is 5.44. The van der Waals surface area contributed by atoms with E-state index in [1.165, 1.54) is 0 Å². The van der Waals surface area contributed by atoms with Gasteiger partial charge in [0.2, 0.25) is 0 Å². The maximum atomic E-state index is 8.73. The molecule has 0 saturated carbocycles. The van der Waals surface area contributed by atoms with Crippen LogP contribution in [-0.4, -0.2) is 0 Å². The molecule has 4 nitrogen and oxygen atoms in total. The van der Waals surface area contributed by atoms with E-state index in [-0.39, 0.29) is 0 Å².